The molecule has 1 N–H and O–H groups in total. The van der Waals surface area contributed by atoms with Crippen molar-refractivity contribution in [1.29, 1.82) is 0 Å². The Labute approximate surface area is 93.7 Å². The van der Waals surface area contributed by atoms with E-state index >= 15 is 0 Å². The largest absolute Gasteiger partial charge is 0.468 e. The summed E-state index contributed by atoms with van der Waals surface area (Å²) in [6.45, 7) is 1.66. The summed E-state index contributed by atoms with van der Waals surface area (Å²) in [5, 5.41) is 3.25. The molecule has 0 bridgehead atoms. The number of carbonyl (C=O) groups is 1. The maximum atomic E-state index is 11.0. The van der Waals surface area contributed by atoms with Crippen LogP contribution in [-0.2, 0) is 9.53 Å². The van der Waals surface area contributed by atoms with Gasteiger partial charge in [-0.05, 0) is 18.9 Å². The van der Waals surface area contributed by atoms with Crippen LogP contribution in [0.15, 0.2) is 0 Å². The molecular formula is C10H18BrNO2. The molecule has 1 atom stereocenters. The molecule has 1 aliphatic carbocycles. The summed E-state index contributed by atoms with van der Waals surface area (Å²) in [5.41, 5.74) is 0. The Morgan fingerprint density at radius 3 is 2.86 bits per heavy atom. The third kappa shape index (κ3) is 3.96. The van der Waals surface area contributed by atoms with E-state index in [1.807, 2.05) is 0 Å². The van der Waals surface area contributed by atoms with Crippen molar-refractivity contribution in [1.82, 2.24) is 5.32 Å². The van der Waals surface area contributed by atoms with Gasteiger partial charge in [-0.3, -0.25) is 4.79 Å². The molecule has 82 valence electrons. The zero-order valence-corrected chi connectivity index (χ0v) is 10.2. The topological polar surface area (TPSA) is 38.3 Å². The minimum atomic E-state index is -0.214. The van der Waals surface area contributed by atoms with E-state index in [1.165, 1.54) is 32.8 Å². The van der Waals surface area contributed by atoms with E-state index in [-0.39, 0.29) is 10.8 Å². The normalized spacial score (nSPS) is 18.7. The van der Waals surface area contributed by atoms with Gasteiger partial charge in [0.25, 0.3) is 0 Å². The summed E-state index contributed by atoms with van der Waals surface area (Å²) < 4.78 is 4.60. The molecule has 0 amide bonds. The van der Waals surface area contributed by atoms with Gasteiger partial charge in [0.15, 0.2) is 0 Å². The number of ether oxygens (including phenoxy) is 1. The number of nitrogens with one attached hydrogen (secondary N) is 1. The number of hydrogen-bond acceptors (Lipinski definition) is 3. The zero-order valence-electron chi connectivity index (χ0n) is 8.59. The lowest BCUT2D eigenvalue weighted by Gasteiger charge is -2.25. The van der Waals surface area contributed by atoms with Crippen LogP contribution in [0.3, 0.4) is 0 Å². The van der Waals surface area contributed by atoms with E-state index in [0.29, 0.717) is 6.54 Å². The van der Waals surface area contributed by atoms with Crippen LogP contribution in [-0.4, -0.2) is 31.0 Å². The SMILES string of the molecule is COC(=O)C(Br)CNCCC1CCC1. The Balaban J connectivity index is 1.94. The molecule has 1 saturated carbocycles. The number of alkyl halides is 1. The van der Waals surface area contributed by atoms with Gasteiger partial charge in [-0.15, -0.1) is 0 Å². The molecule has 0 aromatic heterocycles. The van der Waals surface area contributed by atoms with Gasteiger partial charge >= 0.3 is 5.97 Å². The van der Waals surface area contributed by atoms with Gasteiger partial charge in [0.1, 0.15) is 4.83 Å². The molecule has 1 fully saturated rings. The van der Waals surface area contributed by atoms with Crippen LogP contribution in [0.2, 0.25) is 0 Å². The number of carbonyl (C=O) groups excluding carboxylic acids is 1. The van der Waals surface area contributed by atoms with Crippen molar-refractivity contribution < 1.29 is 9.53 Å². The highest BCUT2D eigenvalue weighted by Gasteiger charge is 2.17. The fourth-order valence-electron chi connectivity index (χ4n) is 1.53. The molecule has 0 radical (unpaired) electrons. The van der Waals surface area contributed by atoms with Crippen molar-refractivity contribution in [3.8, 4) is 0 Å². The number of esters is 1. The van der Waals surface area contributed by atoms with Gasteiger partial charge in [-0.25, -0.2) is 0 Å². The molecule has 0 aliphatic heterocycles. The highest BCUT2D eigenvalue weighted by Crippen LogP contribution is 2.28. The van der Waals surface area contributed by atoms with Crippen LogP contribution in [0, 0.1) is 5.92 Å². The molecule has 14 heavy (non-hydrogen) atoms. The highest BCUT2D eigenvalue weighted by atomic mass is 79.9. The lowest BCUT2D eigenvalue weighted by molar-refractivity contribution is -0.139. The number of rotatable bonds is 6. The van der Waals surface area contributed by atoms with Crippen LogP contribution >= 0.6 is 15.9 Å². The molecule has 0 aromatic carbocycles. The fourth-order valence-corrected chi connectivity index (χ4v) is 1.94. The molecule has 0 heterocycles. The Morgan fingerprint density at radius 2 is 2.36 bits per heavy atom. The minimum absolute atomic E-state index is 0.207. The average molecular weight is 264 g/mol. The monoisotopic (exact) mass is 263 g/mol. The Bertz CT molecular complexity index is 183. The lowest BCUT2D eigenvalue weighted by atomic mass is 9.83. The predicted octanol–water partition coefficient (Wildman–Crippen LogP) is 1.70. The van der Waals surface area contributed by atoms with E-state index in [1.54, 1.807) is 0 Å². The quantitative estimate of drug-likeness (QED) is 0.451. The standard InChI is InChI=1S/C10H18BrNO2/c1-14-10(13)9(11)7-12-6-5-8-3-2-4-8/h8-9,12H,2-7H2,1H3. The summed E-state index contributed by atoms with van der Waals surface area (Å²) in [5.74, 6) is 0.718. The first-order valence-electron chi connectivity index (χ1n) is 5.16. The van der Waals surface area contributed by atoms with Crippen LogP contribution in [0.4, 0.5) is 0 Å². The van der Waals surface area contributed by atoms with E-state index in [0.717, 1.165) is 12.5 Å². The summed E-state index contributed by atoms with van der Waals surface area (Å²) in [7, 11) is 1.41. The Hall–Kier alpha value is -0.0900. The second-order valence-corrected chi connectivity index (χ2v) is 4.89. The number of methoxy groups -OCH3 is 1. The van der Waals surface area contributed by atoms with Crippen molar-refractivity contribution in [2.45, 2.75) is 30.5 Å². The molecule has 1 aliphatic rings. The first-order valence-corrected chi connectivity index (χ1v) is 6.08. The first-order chi connectivity index (χ1) is 6.74. The molecular weight excluding hydrogens is 246 g/mol. The molecule has 1 unspecified atom stereocenters. The van der Waals surface area contributed by atoms with Crippen molar-refractivity contribution in [2.75, 3.05) is 20.2 Å². The maximum Gasteiger partial charge on any atom is 0.320 e. The summed E-state index contributed by atoms with van der Waals surface area (Å²) in [6, 6.07) is 0. The maximum absolute atomic E-state index is 11.0. The zero-order chi connectivity index (χ0) is 10.4. The number of hydrogen-bond donors (Lipinski definition) is 1. The lowest BCUT2D eigenvalue weighted by Crippen LogP contribution is -2.31. The molecule has 1 rings (SSSR count). The molecule has 0 spiro atoms. The van der Waals surface area contributed by atoms with Crippen LogP contribution < -0.4 is 5.32 Å². The second-order valence-electron chi connectivity index (χ2n) is 3.78. The van der Waals surface area contributed by atoms with Gasteiger partial charge in [0.05, 0.1) is 7.11 Å². The first kappa shape index (κ1) is 12.0. The van der Waals surface area contributed by atoms with Gasteiger partial charge < -0.3 is 10.1 Å². The van der Waals surface area contributed by atoms with Crippen molar-refractivity contribution >= 4 is 21.9 Å². The van der Waals surface area contributed by atoms with Gasteiger partial charge in [0.2, 0.25) is 0 Å². The van der Waals surface area contributed by atoms with Gasteiger partial charge in [-0.1, -0.05) is 35.2 Å². The smallest absolute Gasteiger partial charge is 0.320 e. The van der Waals surface area contributed by atoms with Crippen LogP contribution in [0.1, 0.15) is 25.7 Å². The summed E-state index contributed by atoms with van der Waals surface area (Å²) in [4.78, 5) is 10.8. The van der Waals surface area contributed by atoms with Crippen molar-refractivity contribution in [2.24, 2.45) is 5.92 Å². The third-order valence-corrected chi connectivity index (χ3v) is 3.43. The minimum Gasteiger partial charge on any atom is -0.468 e. The van der Waals surface area contributed by atoms with E-state index in [4.69, 9.17) is 0 Å². The second kappa shape index (κ2) is 6.40. The van der Waals surface area contributed by atoms with Gasteiger partial charge in [-0.2, -0.15) is 0 Å². The van der Waals surface area contributed by atoms with Gasteiger partial charge in [0, 0.05) is 6.54 Å². The molecule has 0 aromatic rings. The average Bonchev–Trinajstić information content (AvgIpc) is 2.13. The summed E-state index contributed by atoms with van der Waals surface area (Å²) >= 11 is 3.26. The molecule has 0 saturated heterocycles. The molecule has 4 heteroatoms. The number of halogens is 1. The Kier molecular flexibility index (Phi) is 5.48. The highest BCUT2D eigenvalue weighted by molar-refractivity contribution is 9.10. The fraction of sp³-hybridized carbons (Fsp3) is 0.900. The van der Waals surface area contributed by atoms with Crippen molar-refractivity contribution in [3.05, 3.63) is 0 Å². The van der Waals surface area contributed by atoms with Crippen LogP contribution in [0.25, 0.3) is 0 Å². The van der Waals surface area contributed by atoms with E-state index in [9.17, 15) is 4.79 Å². The van der Waals surface area contributed by atoms with Crippen LogP contribution in [0.5, 0.6) is 0 Å². The predicted molar refractivity (Wildman–Crippen MR) is 59.6 cm³/mol. The van der Waals surface area contributed by atoms with E-state index in [2.05, 4.69) is 26.0 Å². The Morgan fingerprint density at radius 1 is 1.64 bits per heavy atom. The van der Waals surface area contributed by atoms with E-state index < -0.39 is 0 Å². The molecule has 3 nitrogen and oxygen atoms in total. The summed E-state index contributed by atoms with van der Waals surface area (Å²) in [6.07, 6.45) is 5.40. The third-order valence-electron chi connectivity index (χ3n) is 2.73. The van der Waals surface area contributed by atoms with Crippen molar-refractivity contribution in [3.63, 3.8) is 0 Å².